The molecule has 2 rings (SSSR count). The van der Waals surface area contributed by atoms with Gasteiger partial charge in [0.05, 0.1) is 12.2 Å². The summed E-state index contributed by atoms with van der Waals surface area (Å²) in [5.74, 6) is 0.930. The lowest BCUT2D eigenvalue weighted by molar-refractivity contribution is -0.123. The van der Waals surface area contributed by atoms with Gasteiger partial charge >= 0.3 is 0 Å². The van der Waals surface area contributed by atoms with Crippen LogP contribution in [0.25, 0.3) is 0 Å². The number of ether oxygens (including phenoxy) is 2. The maximum atomic E-state index is 12.5. The predicted octanol–water partition coefficient (Wildman–Crippen LogP) is 3.56. The summed E-state index contributed by atoms with van der Waals surface area (Å²) in [5.41, 5.74) is 6.43. The number of benzene rings is 2. The van der Waals surface area contributed by atoms with Crippen molar-refractivity contribution in [3.63, 3.8) is 0 Å². The molecule has 0 saturated heterocycles. The van der Waals surface area contributed by atoms with Gasteiger partial charge in [-0.25, -0.2) is 0 Å². The standard InChI is InChI=1S/C23H29N3O4S/c1-15(2)13-30-20-8-6-5-7-19(20)22(28)24-23(31)26-25-21(27)14-29-18-11-9-17(10-12-18)16(3)4/h5-12,15-16H,13-14H2,1-4H3,(H,25,27)(H2,24,26,28,31). The van der Waals surface area contributed by atoms with Crippen molar-refractivity contribution < 1.29 is 19.1 Å². The van der Waals surface area contributed by atoms with Crippen LogP contribution in [0.1, 0.15) is 49.5 Å². The second-order valence-corrected chi connectivity index (χ2v) is 8.08. The van der Waals surface area contributed by atoms with E-state index in [1.165, 1.54) is 5.56 Å². The Morgan fingerprint density at radius 3 is 2.26 bits per heavy atom. The smallest absolute Gasteiger partial charge is 0.276 e. The van der Waals surface area contributed by atoms with E-state index >= 15 is 0 Å². The van der Waals surface area contributed by atoms with Crippen molar-refractivity contribution in [2.24, 2.45) is 5.92 Å². The third-order valence-corrected chi connectivity index (χ3v) is 4.37. The average molecular weight is 444 g/mol. The molecule has 0 heterocycles. The summed E-state index contributed by atoms with van der Waals surface area (Å²) in [4.78, 5) is 24.5. The Balaban J connectivity index is 1.78. The number of hydrazine groups is 1. The van der Waals surface area contributed by atoms with E-state index in [0.29, 0.717) is 35.5 Å². The monoisotopic (exact) mass is 443 g/mol. The van der Waals surface area contributed by atoms with Crippen LogP contribution in [0.2, 0.25) is 0 Å². The Bertz CT molecular complexity index is 898. The highest BCUT2D eigenvalue weighted by Crippen LogP contribution is 2.19. The zero-order valence-electron chi connectivity index (χ0n) is 18.2. The van der Waals surface area contributed by atoms with Crippen LogP contribution in [0.4, 0.5) is 0 Å². The number of carbonyl (C=O) groups excluding carboxylic acids is 2. The highest BCUT2D eigenvalue weighted by atomic mass is 32.1. The Hall–Kier alpha value is -3.13. The molecule has 31 heavy (non-hydrogen) atoms. The first-order valence-corrected chi connectivity index (χ1v) is 10.5. The Morgan fingerprint density at radius 2 is 1.61 bits per heavy atom. The van der Waals surface area contributed by atoms with Crippen LogP contribution in [0.15, 0.2) is 48.5 Å². The first-order valence-electron chi connectivity index (χ1n) is 10.1. The Labute approximate surface area is 188 Å². The van der Waals surface area contributed by atoms with Crippen molar-refractivity contribution in [2.45, 2.75) is 33.6 Å². The number of amides is 2. The molecule has 0 bridgehead atoms. The van der Waals surface area contributed by atoms with E-state index in [4.69, 9.17) is 21.7 Å². The largest absolute Gasteiger partial charge is 0.492 e. The molecule has 7 nitrogen and oxygen atoms in total. The minimum Gasteiger partial charge on any atom is -0.492 e. The summed E-state index contributed by atoms with van der Waals surface area (Å²) >= 11 is 5.08. The van der Waals surface area contributed by atoms with E-state index < -0.39 is 11.8 Å². The third kappa shape index (κ3) is 8.25. The Morgan fingerprint density at radius 1 is 0.935 bits per heavy atom. The number of thiocarbonyl (C=S) groups is 1. The van der Waals surface area contributed by atoms with E-state index in [-0.39, 0.29) is 11.7 Å². The van der Waals surface area contributed by atoms with Crippen LogP contribution in [0.5, 0.6) is 11.5 Å². The number of hydrogen-bond donors (Lipinski definition) is 3. The summed E-state index contributed by atoms with van der Waals surface area (Å²) in [6.45, 7) is 8.55. The SMILES string of the molecule is CC(C)COc1ccccc1C(=O)NC(=S)NNC(=O)COc1ccc(C(C)C)cc1. The van der Waals surface area contributed by atoms with Gasteiger partial charge in [0.15, 0.2) is 11.7 Å². The molecule has 2 aromatic carbocycles. The second-order valence-electron chi connectivity index (χ2n) is 7.67. The van der Waals surface area contributed by atoms with Crippen LogP contribution in [0, 0.1) is 5.92 Å². The number of para-hydroxylation sites is 1. The van der Waals surface area contributed by atoms with Crippen molar-refractivity contribution >= 4 is 29.1 Å². The molecule has 0 saturated carbocycles. The van der Waals surface area contributed by atoms with E-state index in [1.807, 2.05) is 38.1 Å². The molecule has 0 aliphatic carbocycles. The Kier molecular flexibility index (Phi) is 9.27. The first kappa shape index (κ1) is 24.1. The maximum absolute atomic E-state index is 12.5. The number of nitrogens with one attached hydrogen (secondary N) is 3. The van der Waals surface area contributed by atoms with E-state index in [9.17, 15) is 9.59 Å². The van der Waals surface area contributed by atoms with Gasteiger partial charge in [-0.15, -0.1) is 0 Å². The molecule has 0 atom stereocenters. The van der Waals surface area contributed by atoms with Crippen molar-refractivity contribution in [3.05, 3.63) is 59.7 Å². The van der Waals surface area contributed by atoms with E-state index in [2.05, 4.69) is 30.0 Å². The lowest BCUT2D eigenvalue weighted by atomic mass is 10.0. The minimum absolute atomic E-state index is 0.0432. The lowest BCUT2D eigenvalue weighted by Crippen LogP contribution is -2.49. The molecule has 0 aliphatic heterocycles. The molecule has 0 radical (unpaired) electrons. The molecule has 0 fully saturated rings. The zero-order valence-corrected chi connectivity index (χ0v) is 19.0. The summed E-state index contributed by atoms with van der Waals surface area (Å²) in [6.07, 6.45) is 0. The second kappa shape index (κ2) is 11.9. The van der Waals surface area contributed by atoms with Gasteiger partial charge in [-0.05, 0) is 53.9 Å². The fraction of sp³-hybridized carbons (Fsp3) is 0.348. The summed E-state index contributed by atoms with van der Waals surface area (Å²) in [7, 11) is 0. The average Bonchev–Trinajstić information content (AvgIpc) is 2.75. The molecule has 0 unspecified atom stereocenters. The van der Waals surface area contributed by atoms with Crippen molar-refractivity contribution in [1.29, 1.82) is 0 Å². The molecule has 2 aromatic rings. The van der Waals surface area contributed by atoms with Gasteiger partial charge in [-0.3, -0.25) is 25.8 Å². The predicted molar refractivity (Wildman–Crippen MR) is 124 cm³/mol. The van der Waals surface area contributed by atoms with Gasteiger partial charge < -0.3 is 9.47 Å². The molecular weight excluding hydrogens is 414 g/mol. The molecule has 8 heteroatoms. The van der Waals surface area contributed by atoms with E-state index in [1.54, 1.807) is 24.3 Å². The molecular formula is C23H29N3O4S. The van der Waals surface area contributed by atoms with E-state index in [0.717, 1.165) is 0 Å². The third-order valence-electron chi connectivity index (χ3n) is 4.16. The van der Waals surface area contributed by atoms with Gasteiger partial charge in [-0.2, -0.15) is 0 Å². The number of hydrogen-bond acceptors (Lipinski definition) is 5. The maximum Gasteiger partial charge on any atom is 0.276 e. The normalized spacial score (nSPS) is 10.5. The molecule has 0 spiro atoms. The highest BCUT2D eigenvalue weighted by Gasteiger charge is 2.14. The van der Waals surface area contributed by atoms with Gasteiger partial charge in [0.1, 0.15) is 11.5 Å². The highest BCUT2D eigenvalue weighted by molar-refractivity contribution is 7.80. The summed E-state index contributed by atoms with van der Waals surface area (Å²) in [5, 5.41) is 2.47. The molecule has 2 amide bonds. The summed E-state index contributed by atoms with van der Waals surface area (Å²) in [6, 6.07) is 14.5. The van der Waals surface area contributed by atoms with Crippen LogP contribution >= 0.6 is 12.2 Å². The minimum atomic E-state index is -0.440. The van der Waals surface area contributed by atoms with Crippen LogP contribution in [0.3, 0.4) is 0 Å². The van der Waals surface area contributed by atoms with Crippen molar-refractivity contribution in [1.82, 2.24) is 16.2 Å². The van der Waals surface area contributed by atoms with Crippen LogP contribution in [-0.2, 0) is 4.79 Å². The topological polar surface area (TPSA) is 88.7 Å². The van der Waals surface area contributed by atoms with Crippen molar-refractivity contribution in [3.8, 4) is 11.5 Å². The summed E-state index contributed by atoms with van der Waals surface area (Å²) < 4.78 is 11.1. The molecule has 0 aromatic heterocycles. The van der Waals surface area contributed by atoms with Gasteiger partial charge in [-0.1, -0.05) is 52.0 Å². The van der Waals surface area contributed by atoms with Crippen LogP contribution < -0.4 is 25.6 Å². The molecule has 3 N–H and O–H groups in total. The van der Waals surface area contributed by atoms with Crippen molar-refractivity contribution in [2.75, 3.05) is 13.2 Å². The molecule has 166 valence electrons. The van der Waals surface area contributed by atoms with Gasteiger partial charge in [0.25, 0.3) is 11.8 Å². The van der Waals surface area contributed by atoms with Gasteiger partial charge in [0, 0.05) is 0 Å². The number of carbonyl (C=O) groups is 2. The van der Waals surface area contributed by atoms with Gasteiger partial charge in [0.2, 0.25) is 0 Å². The zero-order chi connectivity index (χ0) is 22.8. The molecule has 0 aliphatic rings. The van der Waals surface area contributed by atoms with Crippen LogP contribution in [-0.4, -0.2) is 30.1 Å². The lowest BCUT2D eigenvalue weighted by Gasteiger charge is -2.14. The first-order chi connectivity index (χ1) is 14.8. The number of rotatable bonds is 8. The fourth-order valence-electron chi connectivity index (χ4n) is 2.50. The quantitative estimate of drug-likeness (QED) is 0.427. The fourth-order valence-corrected chi connectivity index (χ4v) is 2.64.